The molecule has 0 bridgehead atoms. The van der Waals surface area contributed by atoms with Crippen molar-refractivity contribution in [2.24, 2.45) is 17.4 Å². The highest BCUT2D eigenvalue weighted by Gasteiger charge is 2.08. The van der Waals surface area contributed by atoms with E-state index in [0.29, 0.717) is 19.0 Å². The van der Waals surface area contributed by atoms with Crippen LogP contribution in [0.2, 0.25) is 0 Å². The molecule has 78 valence electrons. The Morgan fingerprint density at radius 2 is 1.86 bits per heavy atom. The first kappa shape index (κ1) is 11.0. The first-order valence-corrected chi connectivity index (χ1v) is 4.83. The van der Waals surface area contributed by atoms with Gasteiger partial charge >= 0.3 is 0 Å². The molecule has 0 saturated carbocycles. The predicted molar refractivity (Wildman–Crippen MR) is 58.3 cm³/mol. The van der Waals surface area contributed by atoms with Crippen molar-refractivity contribution in [3.63, 3.8) is 0 Å². The molecule has 0 fully saturated rings. The van der Waals surface area contributed by atoms with Crippen LogP contribution >= 0.6 is 0 Å². The van der Waals surface area contributed by atoms with Crippen molar-refractivity contribution in [2.45, 2.75) is 6.42 Å². The fraction of sp³-hybridized carbons (Fsp3) is 0.455. The van der Waals surface area contributed by atoms with Gasteiger partial charge in [-0.2, -0.15) is 0 Å². The van der Waals surface area contributed by atoms with E-state index in [0.717, 1.165) is 12.2 Å². The maximum Gasteiger partial charge on any atom is 0.122 e. The van der Waals surface area contributed by atoms with E-state index < -0.39 is 0 Å². The summed E-state index contributed by atoms with van der Waals surface area (Å²) in [4.78, 5) is 0. The van der Waals surface area contributed by atoms with Gasteiger partial charge in [0.05, 0.1) is 7.11 Å². The fourth-order valence-corrected chi connectivity index (χ4v) is 1.45. The van der Waals surface area contributed by atoms with E-state index in [9.17, 15) is 0 Å². The standard InChI is InChI=1S/C11H18N2O/c1-14-11-5-3-2-4-10(11)6-9(7-12)8-13/h2-5,9H,6-8,12-13H2,1H3. The van der Waals surface area contributed by atoms with E-state index >= 15 is 0 Å². The van der Waals surface area contributed by atoms with Crippen LogP contribution in [-0.2, 0) is 6.42 Å². The molecule has 0 saturated heterocycles. The monoisotopic (exact) mass is 194 g/mol. The van der Waals surface area contributed by atoms with Crippen LogP contribution in [-0.4, -0.2) is 20.2 Å². The van der Waals surface area contributed by atoms with Gasteiger partial charge < -0.3 is 16.2 Å². The lowest BCUT2D eigenvalue weighted by Crippen LogP contribution is -2.25. The summed E-state index contributed by atoms with van der Waals surface area (Å²) >= 11 is 0. The summed E-state index contributed by atoms with van der Waals surface area (Å²) in [5.74, 6) is 1.26. The smallest absolute Gasteiger partial charge is 0.122 e. The van der Waals surface area contributed by atoms with Crippen molar-refractivity contribution in [2.75, 3.05) is 20.2 Å². The molecular formula is C11H18N2O. The Morgan fingerprint density at radius 1 is 1.21 bits per heavy atom. The van der Waals surface area contributed by atoms with Gasteiger partial charge in [0.1, 0.15) is 5.75 Å². The highest BCUT2D eigenvalue weighted by atomic mass is 16.5. The summed E-state index contributed by atoms with van der Waals surface area (Å²) in [6, 6.07) is 7.97. The molecule has 3 nitrogen and oxygen atoms in total. The number of benzene rings is 1. The third kappa shape index (κ3) is 2.72. The van der Waals surface area contributed by atoms with Crippen LogP contribution in [0.15, 0.2) is 24.3 Å². The molecule has 0 atom stereocenters. The van der Waals surface area contributed by atoms with E-state index in [1.54, 1.807) is 7.11 Å². The Labute approximate surface area is 85.0 Å². The minimum Gasteiger partial charge on any atom is -0.496 e. The molecule has 0 amide bonds. The quantitative estimate of drug-likeness (QED) is 0.728. The Bertz CT molecular complexity index is 272. The molecule has 1 rings (SSSR count). The van der Waals surface area contributed by atoms with Crippen molar-refractivity contribution < 1.29 is 4.74 Å². The maximum absolute atomic E-state index is 5.60. The van der Waals surface area contributed by atoms with Crippen LogP contribution < -0.4 is 16.2 Å². The van der Waals surface area contributed by atoms with Crippen molar-refractivity contribution >= 4 is 0 Å². The third-order valence-corrected chi connectivity index (χ3v) is 2.37. The maximum atomic E-state index is 5.60. The molecule has 0 aliphatic carbocycles. The molecule has 0 spiro atoms. The molecule has 1 aromatic rings. The van der Waals surface area contributed by atoms with Gasteiger partial charge in [0.25, 0.3) is 0 Å². The number of hydrogen-bond donors (Lipinski definition) is 2. The zero-order chi connectivity index (χ0) is 10.4. The Balaban J connectivity index is 2.74. The largest absolute Gasteiger partial charge is 0.496 e. The molecule has 0 unspecified atom stereocenters. The minimum absolute atomic E-state index is 0.339. The molecule has 0 aliphatic heterocycles. The van der Waals surface area contributed by atoms with Gasteiger partial charge in [0.2, 0.25) is 0 Å². The summed E-state index contributed by atoms with van der Waals surface area (Å²) in [5.41, 5.74) is 12.4. The molecule has 0 aliphatic rings. The first-order valence-electron chi connectivity index (χ1n) is 4.83. The molecule has 3 heteroatoms. The molecule has 4 N–H and O–H groups in total. The van der Waals surface area contributed by atoms with E-state index in [1.807, 2.05) is 18.2 Å². The van der Waals surface area contributed by atoms with E-state index in [4.69, 9.17) is 16.2 Å². The molecule has 14 heavy (non-hydrogen) atoms. The summed E-state index contributed by atoms with van der Waals surface area (Å²) < 4.78 is 5.25. The molecular weight excluding hydrogens is 176 g/mol. The van der Waals surface area contributed by atoms with E-state index in [2.05, 4.69) is 6.07 Å². The van der Waals surface area contributed by atoms with Crippen LogP contribution in [0, 0.1) is 5.92 Å². The minimum atomic E-state index is 0.339. The highest BCUT2D eigenvalue weighted by Crippen LogP contribution is 2.20. The Hall–Kier alpha value is -1.06. The van der Waals surface area contributed by atoms with E-state index in [-0.39, 0.29) is 0 Å². The van der Waals surface area contributed by atoms with Crippen LogP contribution in [0.1, 0.15) is 5.56 Å². The normalized spacial score (nSPS) is 10.6. The Kier molecular flexibility index (Phi) is 4.43. The van der Waals surface area contributed by atoms with Crippen LogP contribution in [0.3, 0.4) is 0 Å². The second-order valence-electron chi connectivity index (χ2n) is 3.35. The number of para-hydroxylation sites is 1. The average Bonchev–Trinajstić information content (AvgIpc) is 2.26. The van der Waals surface area contributed by atoms with Gasteiger partial charge in [-0.3, -0.25) is 0 Å². The van der Waals surface area contributed by atoms with Gasteiger partial charge in [-0.25, -0.2) is 0 Å². The summed E-state index contributed by atoms with van der Waals surface area (Å²) in [6.45, 7) is 1.24. The van der Waals surface area contributed by atoms with Crippen molar-refractivity contribution in [1.82, 2.24) is 0 Å². The van der Waals surface area contributed by atoms with Crippen LogP contribution in [0.5, 0.6) is 5.75 Å². The molecule has 1 aromatic carbocycles. The van der Waals surface area contributed by atoms with Gasteiger partial charge in [0, 0.05) is 0 Å². The number of methoxy groups -OCH3 is 1. The summed E-state index contributed by atoms with van der Waals surface area (Å²) in [6.07, 6.45) is 0.886. The summed E-state index contributed by atoms with van der Waals surface area (Å²) in [5, 5.41) is 0. The SMILES string of the molecule is COc1ccccc1CC(CN)CN. The van der Waals surface area contributed by atoms with Crippen molar-refractivity contribution in [3.05, 3.63) is 29.8 Å². The number of ether oxygens (including phenoxy) is 1. The Morgan fingerprint density at radius 3 is 2.43 bits per heavy atom. The number of nitrogens with two attached hydrogens (primary N) is 2. The lowest BCUT2D eigenvalue weighted by molar-refractivity contribution is 0.404. The van der Waals surface area contributed by atoms with Crippen LogP contribution in [0.25, 0.3) is 0 Å². The molecule has 0 heterocycles. The topological polar surface area (TPSA) is 61.3 Å². The zero-order valence-electron chi connectivity index (χ0n) is 8.57. The van der Waals surface area contributed by atoms with Gasteiger partial charge in [-0.15, -0.1) is 0 Å². The highest BCUT2D eigenvalue weighted by molar-refractivity contribution is 5.33. The zero-order valence-corrected chi connectivity index (χ0v) is 8.57. The predicted octanol–water partition coefficient (Wildman–Crippen LogP) is 0.771. The van der Waals surface area contributed by atoms with Crippen LogP contribution in [0.4, 0.5) is 0 Å². The average molecular weight is 194 g/mol. The van der Waals surface area contributed by atoms with Gasteiger partial charge in [-0.1, -0.05) is 18.2 Å². The van der Waals surface area contributed by atoms with Gasteiger partial charge in [0.15, 0.2) is 0 Å². The van der Waals surface area contributed by atoms with Crippen molar-refractivity contribution in [1.29, 1.82) is 0 Å². The second kappa shape index (κ2) is 5.62. The number of hydrogen-bond acceptors (Lipinski definition) is 3. The van der Waals surface area contributed by atoms with Gasteiger partial charge in [-0.05, 0) is 37.1 Å². The lowest BCUT2D eigenvalue weighted by Gasteiger charge is -2.14. The third-order valence-electron chi connectivity index (χ3n) is 2.37. The summed E-state index contributed by atoms with van der Waals surface area (Å²) in [7, 11) is 1.68. The van der Waals surface area contributed by atoms with Crippen molar-refractivity contribution in [3.8, 4) is 5.75 Å². The second-order valence-corrected chi connectivity index (χ2v) is 3.35. The first-order chi connectivity index (χ1) is 6.81. The lowest BCUT2D eigenvalue weighted by atomic mass is 9.99. The molecule has 0 aromatic heterocycles. The fourth-order valence-electron chi connectivity index (χ4n) is 1.45. The number of rotatable bonds is 5. The van der Waals surface area contributed by atoms with E-state index in [1.165, 1.54) is 5.56 Å². The molecule has 0 radical (unpaired) electrons.